The molecule has 0 aliphatic carbocycles. The maximum atomic E-state index is 12.0. The molecule has 0 saturated carbocycles. The molecule has 6 heteroatoms. The highest BCUT2D eigenvalue weighted by atomic mass is 16.5. The van der Waals surface area contributed by atoms with Crippen molar-refractivity contribution < 1.29 is 19.4 Å². The number of amides is 2. The predicted molar refractivity (Wildman–Crippen MR) is 55.2 cm³/mol. The summed E-state index contributed by atoms with van der Waals surface area (Å²) in [5.74, 6) is -0.904. The summed E-state index contributed by atoms with van der Waals surface area (Å²) in [6.07, 6.45) is 1.33. The van der Waals surface area contributed by atoms with Gasteiger partial charge in [0, 0.05) is 19.6 Å². The van der Waals surface area contributed by atoms with Gasteiger partial charge in [0.05, 0.1) is 13.2 Å². The number of aliphatic carboxylic acids is 1. The van der Waals surface area contributed by atoms with Gasteiger partial charge in [-0.05, 0) is 12.8 Å². The monoisotopic (exact) mass is 228 g/mol. The highest BCUT2D eigenvalue weighted by Crippen LogP contribution is 2.19. The fraction of sp³-hybridized carbons (Fsp3) is 0.800. The van der Waals surface area contributed by atoms with Crippen molar-refractivity contribution in [3.8, 4) is 0 Å². The third-order valence-corrected chi connectivity index (χ3v) is 3.07. The Morgan fingerprint density at radius 1 is 1.19 bits per heavy atom. The first-order chi connectivity index (χ1) is 7.70. The minimum absolute atomic E-state index is 0.159. The first kappa shape index (κ1) is 11.2. The molecule has 2 heterocycles. The van der Waals surface area contributed by atoms with E-state index in [1.165, 1.54) is 4.90 Å². The number of carbonyl (C=O) groups excluding carboxylic acids is 1. The first-order valence-corrected chi connectivity index (χ1v) is 5.56. The molecule has 0 aromatic carbocycles. The van der Waals surface area contributed by atoms with Gasteiger partial charge in [-0.15, -0.1) is 0 Å². The molecule has 0 radical (unpaired) electrons. The largest absolute Gasteiger partial charge is 0.480 e. The molecule has 2 aliphatic rings. The number of rotatable bonds is 1. The SMILES string of the molecule is O=C(O)[C@@H]1CCCN1C(=O)N1CCOCC1. The van der Waals surface area contributed by atoms with Gasteiger partial charge in [-0.25, -0.2) is 9.59 Å². The van der Waals surface area contributed by atoms with Crippen LogP contribution in [0.1, 0.15) is 12.8 Å². The van der Waals surface area contributed by atoms with E-state index >= 15 is 0 Å². The van der Waals surface area contributed by atoms with Crippen molar-refractivity contribution in [2.24, 2.45) is 0 Å². The average Bonchev–Trinajstić information content (AvgIpc) is 2.78. The Hall–Kier alpha value is -1.30. The van der Waals surface area contributed by atoms with Gasteiger partial charge in [-0.1, -0.05) is 0 Å². The van der Waals surface area contributed by atoms with E-state index < -0.39 is 12.0 Å². The summed E-state index contributed by atoms with van der Waals surface area (Å²) in [5, 5.41) is 8.99. The zero-order valence-corrected chi connectivity index (χ0v) is 9.09. The molecule has 1 atom stereocenters. The summed E-state index contributed by atoms with van der Waals surface area (Å²) in [6.45, 7) is 2.74. The lowest BCUT2D eigenvalue weighted by Crippen LogP contribution is -2.51. The van der Waals surface area contributed by atoms with Crippen LogP contribution in [0.3, 0.4) is 0 Å². The van der Waals surface area contributed by atoms with Crippen LogP contribution in [0.5, 0.6) is 0 Å². The average molecular weight is 228 g/mol. The van der Waals surface area contributed by atoms with Gasteiger partial charge in [0.1, 0.15) is 6.04 Å². The fourth-order valence-corrected chi connectivity index (χ4v) is 2.19. The van der Waals surface area contributed by atoms with Crippen LogP contribution >= 0.6 is 0 Å². The van der Waals surface area contributed by atoms with E-state index in [0.717, 1.165) is 6.42 Å². The summed E-state index contributed by atoms with van der Waals surface area (Å²) >= 11 is 0. The third-order valence-electron chi connectivity index (χ3n) is 3.07. The quantitative estimate of drug-likeness (QED) is 0.685. The molecule has 90 valence electrons. The van der Waals surface area contributed by atoms with Crippen molar-refractivity contribution in [2.45, 2.75) is 18.9 Å². The summed E-state index contributed by atoms with van der Waals surface area (Å²) in [5.41, 5.74) is 0. The maximum absolute atomic E-state index is 12.0. The third kappa shape index (κ3) is 2.11. The normalized spacial score (nSPS) is 25.9. The molecule has 2 amide bonds. The molecule has 0 aromatic heterocycles. The molecule has 2 rings (SSSR count). The number of urea groups is 1. The second-order valence-corrected chi connectivity index (χ2v) is 4.07. The molecule has 2 saturated heterocycles. The van der Waals surface area contributed by atoms with Crippen LogP contribution in [0.25, 0.3) is 0 Å². The van der Waals surface area contributed by atoms with E-state index in [1.54, 1.807) is 4.90 Å². The van der Waals surface area contributed by atoms with E-state index in [2.05, 4.69) is 0 Å². The zero-order valence-electron chi connectivity index (χ0n) is 9.09. The van der Waals surface area contributed by atoms with Crippen LogP contribution in [0.15, 0.2) is 0 Å². The number of hydrogen-bond acceptors (Lipinski definition) is 3. The van der Waals surface area contributed by atoms with Gasteiger partial charge in [0.2, 0.25) is 0 Å². The molecule has 0 bridgehead atoms. The number of likely N-dealkylation sites (tertiary alicyclic amines) is 1. The van der Waals surface area contributed by atoms with Crippen molar-refractivity contribution in [3.05, 3.63) is 0 Å². The molecule has 16 heavy (non-hydrogen) atoms. The Morgan fingerprint density at radius 2 is 1.88 bits per heavy atom. The molecule has 0 spiro atoms. The van der Waals surface area contributed by atoms with Crippen molar-refractivity contribution in [3.63, 3.8) is 0 Å². The van der Waals surface area contributed by atoms with E-state index in [1.807, 2.05) is 0 Å². The van der Waals surface area contributed by atoms with E-state index in [-0.39, 0.29) is 6.03 Å². The molecular weight excluding hydrogens is 212 g/mol. The van der Waals surface area contributed by atoms with Crippen molar-refractivity contribution in [2.75, 3.05) is 32.8 Å². The van der Waals surface area contributed by atoms with Crippen LogP contribution in [-0.2, 0) is 9.53 Å². The highest BCUT2D eigenvalue weighted by molar-refractivity contribution is 5.83. The van der Waals surface area contributed by atoms with Gasteiger partial charge in [0.25, 0.3) is 0 Å². The first-order valence-electron chi connectivity index (χ1n) is 5.56. The van der Waals surface area contributed by atoms with Gasteiger partial charge in [-0.3, -0.25) is 0 Å². The minimum Gasteiger partial charge on any atom is -0.480 e. The van der Waals surface area contributed by atoms with Crippen molar-refractivity contribution >= 4 is 12.0 Å². The van der Waals surface area contributed by atoms with Crippen LogP contribution in [0.2, 0.25) is 0 Å². The number of carboxylic acids is 1. The molecular formula is C10H16N2O4. The van der Waals surface area contributed by atoms with Crippen LogP contribution < -0.4 is 0 Å². The summed E-state index contributed by atoms with van der Waals surface area (Å²) < 4.78 is 5.16. The fourth-order valence-electron chi connectivity index (χ4n) is 2.19. The number of nitrogens with zero attached hydrogens (tertiary/aromatic N) is 2. The second kappa shape index (κ2) is 4.69. The van der Waals surface area contributed by atoms with E-state index in [0.29, 0.717) is 39.3 Å². The number of morpholine rings is 1. The molecule has 0 aromatic rings. The van der Waals surface area contributed by atoms with Crippen molar-refractivity contribution in [1.29, 1.82) is 0 Å². The number of hydrogen-bond donors (Lipinski definition) is 1. The topological polar surface area (TPSA) is 70.1 Å². The van der Waals surface area contributed by atoms with Crippen molar-refractivity contribution in [1.82, 2.24) is 9.80 Å². The second-order valence-electron chi connectivity index (χ2n) is 4.07. The number of carbonyl (C=O) groups is 2. The van der Waals surface area contributed by atoms with Gasteiger partial charge in [-0.2, -0.15) is 0 Å². The number of carboxylic acid groups (broad SMARTS) is 1. The lowest BCUT2D eigenvalue weighted by atomic mass is 10.2. The minimum atomic E-state index is -0.904. The lowest BCUT2D eigenvalue weighted by Gasteiger charge is -2.32. The molecule has 1 N–H and O–H groups in total. The van der Waals surface area contributed by atoms with Gasteiger partial charge >= 0.3 is 12.0 Å². The highest BCUT2D eigenvalue weighted by Gasteiger charge is 2.36. The standard InChI is InChI=1S/C10H16N2O4/c13-9(14)8-2-1-3-12(8)10(15)11-4-6-16-7-5-11/h8H,1-7H2,(H,13,14)/t8-/m0/s1. The van der Waals surface area contributed by atoms with E-state index in [4.69, 9.17) is 9.84 Å². The summed E-state index contributed by atoms with van der Waals surface area (Å²) in [6, 6.07) is -0.802. The maximum Gasteiger partial charge on any atom is 0.326 e. The zero-order chi connectivity index (χ0) is 11.5. The smallest absolute Gasteiger partial charge is 0.326 e. The molecule has 6 nitrogen and oxygen atoms in total. The molecule has 0 unspecified atom stereocenters. The van der Waals surface area contributed by atoms with Gasteiger partial charge < -0.3 is 19.6 Å². The lowest BCUT2D eigenvalue weighted by molar-refractivity contribution is -0.141. The summed E-state index contributed by atoms with van der Waals surface area (Å²) in [4.78, 5) is 26.1. The Kier molecular flexibility index (Phi) is 3.28. The predicted octanol–water partition coefficient (Wildman–Crippen LogP) is -0.0124. The van der Waals surface area contributed by atoms with Crippen LogP contribution in [0.4, 0.5) is 4.79 Å². The Morgan fingerprint density at radius 3 is 2.50 bits per heavy atom. The van der Waals surface area contributed by atoms with E-state index in [9.17, 15) is 9.59 Å². The molecule has 2 aliphatic heterocycles. The van der Waals surface area contributed by atoms with Crippen LogP contribution in [-0.4, -0.2) is 65.8 Å². The Labute approximate surface area is 93.8 Å². The number of ether oxygens (including phenoxy) is 1. The molecule has 2 fully saturated rings. The Bertz CT molecular complexity index is 289. The van der Waals surface area contributed by atoms with Gasteiger partial charge in [0.15, 0.2) is 0 Å². The summed E-state index contributed by atoms with van der Waals surface area (Å²) in [7, 11) is 0. The Balaban J connectivity index is 1.99. The van der Waals surface area contributed by atoms with Crippen LogP contribution in [0, 0.1) is 0 Å².